The zero-order valence-electron chi connectivity index (χ0n) is 16.9. The number of likely N-dealkylation sites (tertiary alicyclic amines) is 1. The molecule has 1 unspecified atom stereocenters. The predicted octanol–water partition coefficient (Wildman–Crippen LogP) is 5.02. The van der Waals surface area contributed by atoms with E-state index in [1.807, 2.05) is 37.4 Å². The van der Waals surface area contributed by atoms with E-state index in [4.69, 9.17) is 16.3 Å². The quantitative estimate of drug-likeness (QED) is 0.574. The average molecular weight is 428 g/mol. The molecule has 7 heteroatoms. The first-order valence-electron chi connectivity index (χ1n) is 9.89. The van der Waals surface area contributed by atoms with Gasteiger partial charge in [-0.25, -0.2) is 9.37 Å². The SMILES string of the molecule is COc1ccc(Cn2c(C)cnc2C2CCCN2C(=O)c2cc(Cl)ccc2F)cc1. The van der Waals surface area contributed by atoms with Crippen LogP contribution in [0.4, 0.5) is 4.39 Å². The number of amides is 1. The zero-order valence-corrected chi connectivity index (χ0v) is 17.7. The lowest BCUT2D eigenvalue weighted by Gasteiger charge is -2.26. The minimum absolute atomic E-state index is 0.000572. The molecule has 0 saturated carbocycles. The molecule has 1 aliphatic heterocycles. The van der Waals surface area contributed by atoms with E-state index in [9.17, 15) is 9.18 Å². The summed E-state index contributed by atoms with van der Waals surface area (Å²) in [6, 6.07) is 11.7. The predicted molar refractivity (Wildman–Crippen MR) is 113 cm³/mol. The number of methoxy groups -OCH3 is 1. The monoisotopic (exact) mass is 427 g/mol. The molecular formula is C23H23ClFN3O2. The number of carbonyl (C=O) groups excluding carboxylic acids is 1. The van der Waals surface area contributed by atoms with Crippen molar-refractivity contribution in [2.45, 2.75) is 32.4 Å². The summed E-state index contributed by atoms with van der Waals surface area (Å²) in [6.07, 6.45) is 3.44. The van der Waals surface area contributed by atoms with Crippen molar-refractivity contribution in [1.82, 2.24) is 14.5 Å². The molecule has 0 aliphatic carbocycles. The fourth-order valence-electron chi connectivity index (χ4n) is 3.96. The molecule has 4 rings (SSSR count). The number of imidazole rings is 1. The Bertz CT molecular complexity index is 1060. The van der Waals surface area contributed by atoms with Crippen LogP contribution in [-0.4, -0.2) is 34.0 Å². The van der Waals surface area contributed by atoms with Crippen LogP contribution in [0.3, 0.4) is 0 Å². The van der Waals surface area contributed by atoms with Gasteiger partial charge in [-0.2, -0.15) is 0 Å². The lowest BCUT2D eigenvalue weighted by molar-refractivity contribution is 0.0723. The van der Waals surface area contributed by atoms with E-state index in [1.165, 1.54) is 18.2 Å². The molecule has 0 bridgehead atoms. The van der Waals surface area contributed by atoms with Gasteiger partial charge in [0.1, 0.15) is 17.4 Å². The third kappa shape index (κ3) is 3.92. The highest BCUT2D eigenvalue weighted by molar-refractivity contribution is 6.31. The van der Waals surface area contributed by atoms with Crippen molar-refractivity contribution in [2.24, 2.45) is 0 Å². The molecule has 2 heterocycles. The van der Waals surface area contributed by atoms with Gasteiger partial charge in [-0.1, -0.05) is 23.7 Å². The molecule has 5 nitrogen and oxygen atoms in total. The van der Waals surface area contributed by atoms with Crippen molar-refractivity contribution in [3.8, 4) is 5.75 Å². The molecule has 156 valence electrons. The van der Waals surface area contributed by atoms with Crippen LogP contribution < -0.4 is 4.74 Å². The fourth-order valence-corrected chi connectivity index (χ4v) is 4.13. The highest BCUT2D eigenvalue weighted by Gasteiger charge is 2.34. The zero-order chi connectivity index (χ0) is 21.3. The number of hydrogen-bond acceptors (Lipinski definition) is 3. The summed E-state index contributed by atoms with van der Waals surface area (Å²) in [5.74, 6) is 0.705. The summed E-state index contributed by atoms with van der Waals surface area (Å²) in [7, 11) is 1.64. The van der Waals surface area contributed by atoms with E-state index in [0.717, 1.165) is 35.7 Å². The van der Waals surface area contributed by atoms with Gasteiger partial charge in [0.05, 0.1) is 18.7 Å². The Morgan fingerprint density at radius 1 is 1.27 bits per heavy atom. The van der Waals surface area contributed by atoms with Gasteiger partial charge in [-0.3, -0.25) is 4.79 Å². The van der Waals surface area contributed by atoms with Crippen LogP contribution in [0.1, 0.15) is 46.3 Å². The Morgan fingerprint density at radius 3 is 2.77 bits per heavy atom. The Hall–Kier alpha value is -2.86. The molecule has 1 amide bonds. The first kappa shape index (κ1) is 20.4. The molecule has 0 N–H and O–H groups in total. The lowest BCUT2D eigenvalue weighted by atomic mass is 10.1. The molecule has 1 fully saturated rings. The highest BCUT2D eigenvalue weighted by Crippen LogP contribution is 2.34. The maximum absolute atomic E-state index is 14.3. The summed E-state index contributed by atoms with van der Waals surface area (Å²) in [4.78, 5) is 19.5. The standard InChI is InChI=1S/C23H23ClFN3O2/c1-15-13-26-22(28(15)14-16-5-8-18(30-2)9-6-16)21-4-3-11-27(21)23(29)19-12-17(24)7-10-20(19)25/h5-10,12-13,21H,3-4,11,14H2,1-2H3. The third-order valence-electron chi connectivity index (χ3n) is 5.56. The second-order valence-corrected chi connectivity index (χ2v) is 7.91. The van der Waals surface area contributed by atoms with Gasteiger partial charge in [0.2, 0.25) is 0 Å². The molecule has 30 heavy (non-hydrogen) atoms. The maximum Gasteiger partial charge on any atom is 0.257 e. The van der Waals surface area contributed by atoms with Crippen LogP contribution >= 0.6 is 11.6 Å². The molecular weight excluding hydrogens is 405 g/mol. The first-order chi connectivity index (χ1) is 14.5. The minimum Gasteiger partial charge on any atom is -0.497 e. The van der Waals surface area contributed by atoms with E-state index in [1.54, 1.807) is 12.0 Å². The van der Waals surface area contributed by atoms with Gasteiger partial charge >= 0.3 is 0 Å². The number of hydrogen-bond donors (Lipinski definition) is 0. The van der Waals surface area contributed by atoms with Crippen LogP contribution in [0.2, 0.25) is 5.02 Å². The van der Waals surface area contributed by atoms with Crippen molar-refractivity contribution in [1.29, 1.82) is 0 Å². The number of aryl methyl sites for hydroxylation is 1. The second kappa shape index (κ2) is 8.48. The Kier molecular flexibility index (Phi) is 5.77. The number of ether oxygens (including phenoxy) is 1. The maximum atomic E-state index is 14.3. The Morgan fingerprint density at radius 2 is 2.03 bits per heavy atom. The highest BCUT2D eigenvalue weighted by atomic mass is 35.5. The number of benzene rings is 2. The summed E-state index contributed by atoms with van der Waals surface area (Å²) >= 11 is 6.00. The van der Waals surface area contributed by atoms with Gasteiger partial charge in [0, 0.05) is 30.0 Å². The minimum atomic E-state index is -0.562. The van der Waals surface area contributed by atoms with Crippen molar-refractivity contribution < 1.29 is 13.9 Å². The fraction of sp³-hybridized carbons (Fsp3) is 0.304. The van der Waals surface area contributed by atoms with Gasteiger partial charge < -0.3 is 14.2 Å². The summed E-state index contributed by atoms with van der Waals surface area (Å²) in [5, 5.41) is 0.340. The molecule has 3 aromatic rings. The van der Waals surface area contributed by atoms with Crippen molar-refractivity contribution in [3.05, 3.63) is 82.1 Å². The number of aromatic nitrogens is 2. The molecule has 1 atom stereocenters. The number of rotatable bonds is 5. The van der Waals surface area contributed by atoms with E-state index >= 15 is 0 Å². The number of carbonyl (C=O) groups is 1. The number of halogens is 2. The normalized spacial score (nSPS) is 16.1. The molecule has 1 aromatic heterocycles. The van der Waals surface area contributed by atoms with Crippen LogP contribution in [-0.2, 0) is 6.54 Å². The first-order valence-corrected chi connectivity index (χ1v) is 10.3. The lowest BCUT2D eigenvalue weighted by Crippen LogP contribution is -2.32. The topological polar surface area (TPSA) is 47.4 Å². The van der Waals surface area contributed by atoms with Crippen molar-refractivity contribution >= 4 is 17.5 Å². The molecule has 1 saturated heterocycles. The van der Waals surface area contributed by atoms with Crippen LogP contribution in [0.5, 0.6) is 5.75 Å². The summed E-state index contributed by atoms with van der Waals surface area (Å²) in [5.41, 5.74) is 2.11. The third-order valence-corrected chi connectivity index (χ3v) is 5.79. The van der Waals surface area contributed by atoms with Crippen LogP contribution in [0.15, 0.2) is 48.7 Å². The number of nitrogens with zero attached hydrogens (tertiary/aromatic N) is 3. The van der Waals surface area contributed by atoms with Gasteiger partial charge in [-0.05, 0) is 55.7 Å². The summed E-state index contributed by atoms with van der Waals surface area (Å²) < 4.78 is 21.6. The molecule has 1 aliphatic rings. The largest absolute Gasteiger partial charge is 0.497 e. The summed E-state index contributed by atoms with van der Waals surface area (Å²) in [6.45, 7) is 3.19. The average Bonchev–Trinajstić information content (AvgIpc) is 3.37. The van der Waals surface area contributed by atoms with Crippen molar-refractivity contribution in [2.75, 3.05) is 13.7 Å². The van der Waals surface area contributed by atoms with E-state index in [0.29, 0.717) is 18.1 Å². The van der Waals surface area contributed by atoms with Crippen molar-refractivity contribution in [3.63, 3.8) is 0 Å². The van der Waals surface area contributed by atoms with E-state index in [-0.39, 0.29) is 17.5 Å². The smallest absolute Gasteiger partial charge is 0.257 e. The molecule has 2 aromatic carbocycles. The van der Waals surface area contributed by atoms with E-state index in [2.05, 4.69) is 9.55 Å². The molecule has 0 radical (unpaired) electrons. The van der Waals surface area contributed by atoms with Crippen LogP contribution in [0.25, 0.3) is 0 Å². The Labute approximate surface area is 180 Å². The van der Waals surface area contributed by atoms with E-state index < -0.39 is 5.82 Å². The molecule has 0 spiro atoms. The van der Waals surface area contributed by atoms with Gasteiger partial charge in [0.15, 0.2) is 0 Å². The van der Waals surface area contributed by atoms with Gasteiger partial charge in [0.25, 0.3) is 5.91 Å². The van der Waals surface area contributed by atoms with Gasteiger partial charge in [-0.15, -0.1) is 0 Å². The Balaban J connectivity index is 1.63. The van der Waals surface area contributed by atoms with Crippen LogP contribution in [0, 0.1) is 12.7 Å². The second-order valence-electron chi connectivity index (χ2n) is 7.47.